The van der Waals surface area contributed by atoms with Crippen molar-refractivity contribution >= 4 is 22.6 Å². The number of aromatic nitrogens is 2. The average Bonchev–Trinajstić information content (AvgIpc) is 2.52. The van der Waals surface area contributed by atoms with Crippen molar-refractivity contribution in [2.24, 2.45) is 7.05 Å². The zero-order valence-corrected chi connectivity index (χ0v) is 9.90. The number of aliphatic hydroxyl groups excluding tert-OH is 1. The summed E-state index contributed by atoms with van der Waals surface area (Å²) < 4.78 is 3.06. The summed E-state index contributed by atoms with van der Waals surface area (Å²) in [6.45, 7) is 1.72. The maximum atomic E-state index is 12.0. The lowest BCUT2D eigenvalue weighted by molar-refractivity contribution is 0.238. The number of benzene rings is 1. The number of aryl methyl sites for hydroxylation is 1. The zero-order chi connectivity index (χ0) is 11.9. The fraction of sp³-hybridized carbons (Fsp3) is 0.364. The number of hydrogen-bond donors (Lipinski definition) is 1. The van der Waals surface area contributed by atoms with E-state index in [9.17, 15) is 4.79 Å². The minimum Gasteiger partial charge on any atom is -0.394 e. The Balaban J connectivity index is 2.90. The van der Waals surface area contributed by atoms with E-state index in [0.29, 0.717) is 10.5 Å². The molecule has 0 amide bonds. The lowest BCUT2D eigenvalue weighted by atomic mass is 10.3. The van der Waals surface area contributed by atoms with E-state index in [-0.39, 0.29) is 18.3 Å². The van der Waals surface area contributed by atoms with E-state index in [1.165, 1.54) is 4.57 Å². The van der Waals surface area contributed by atoms with Gasteiger partial charge in [-0.1, -0.05) is 17.7 Å². The van der Waals surface area contributed by atoms with Crippen LogP contribution in [0.2, 0.25) is 5.02 Å². The van der Waals surface area contributed by atoms with Crippen molar-refractivity contribution in [2.45, 2.75) is 13.0 Å². The maximum absolute atomic E-state index is 12.0. The molecule has 1 heterocycles. The normalized spacial score (nSPS) is 13.2. The molecule has 0 aliphatic heterocycles. The van der Waals surface area contributed by atoms with Crippen LogP contribution in [0.15, 0.2) is 23.0 Å². The first-order valence-corrected chi connectivity index (χ1v) is 5.42. The topological polar surface area (TPSA) is 47.2 Å². The number of nitrogens with zero attached hydrogens (tertiary/aromatic N) is 2. The van der Waals surface area contributed by atoms with E-state index in [1.54, 1.807) is 30.7 Å². The van der Waals surface area contributed by atoms with E-state index in [4.69, 9.17) is 16.7 Å². The smallest absolute Gasteiger partial charge is 0.329 e. The molecule has 1 atom stereocenters. The second-order valence-electron chi connectivity index (χ2n) is 3.85. The van der Waals surface area contributed by atoms with E-state index in [0.717, 1.165) is 5.52 Å². The van der Waals surface area contributed by atoms with Crippen LogP contribution in [-0.2, 0) is 7.05 Å². The quantitative estimate of drug-likeness (QED) is 0.866. The summed E-state index contributed by atoms with van der Waals surface area (Å²) in [4.78, 5) is 12.0. The molecule has 0 radical (unpaired) electrons. The van der Waals surface area contributed by atoms with Crippen molar-refractivity contribution in [3.8, 4) is 0 Å². The second kappa shape index (κ2) is 3.96. The summed E-state index contributed by atoms with van der Waals surface area (Å²) >= 11 is 6.06. The Morgan fingerprint density at radius 1 is 1.50 bits per heavy atom. The predicted molar refractivity (Wildman–Crippen MR) is 64.0 cm³/mol. The Morgan fingerprint density at radius 3 is 2.81 bits per heavy atom. The van der Waals surface area contributed by atoms with Gasteiger partial charge in [-0.05, 0) is 19.1 Å². The molecule has 16 heavy (non-hydrogen) atoms. The van der Waals surface area contributed by atoms with Crippen molar-refractivity contribution in [1.29, 1.82) is 0 Å². The highest BCUT2D eigenvalue weighted by atomic mass is 35.5. The van der Waals surface area contributed by atoms with Crippen LogP contribution in [0.5, 0.6) is 0 Å². The minimum atomic E-state index is -0.255. The van der Waals surface area contributed by atoms with Crippen LogP contribution < -0.4 is 5.69 Å². The van der Waals surface area contributed by atoms with Gasteiger partial charge in [0.05, 0.1) is 28.7 Å². The van der Waals surface area contributed by atoms with Gasteiger partial charge in [0.25, 0.3) is 0 Å². The Labute approximate surface area is 97.7 Å². The summed E-state index contributed by atoms with van der Waals surface area (Å²) in [5, 5.41) is 9.69. The van der Waals surface area contributed by atoms with Gasteiger partial charge in [-0.15, -0.1) is 0 Å². The SMILES string of the molecule is CC(CO)n1c(=O)n(C)c2c(Cl)cccc21. The van der Waals surface area contributed by atoms with Gasteiger partial charge in [-0.25, -0.2) is 4.79 Å². The van der Waals surface area contributed by atoms with Gasteiger partial charge in [0.2, 0.25) is 0 Å². The van der Waals surface area contributed by atoms with Gasteiger partial charge in [0.1, 0.15) is 0 Å². The molecule has 0 aliphatic carbocycles. The van der Waals surface area contributed by atoms with E-state index >= 15 is 0 Å². The molecular weight excluding hydrogens is 228 g/mol. The second-order valence-corrected chi connectivity index (χ2v) is 4.26. The largest absolute Gasteiger partial charge is 0.394 e. The summed E-state index contributed by atoms with van der Waals surface area (Å²) in [7, 11) is 1.68. The average molecular weight is 241 g/mol. The molecule has 2 rings (SSSR count). The number of para-hydroxylation sites is 1. The fourth-order valence-corrected chi connectivity index (χ4v) is 2.19. The first-order valence-electron chi connectivity index (χ1n) is 5.04. The number of fused-ring (bicyclic) bond motifs is 1. The third-order valence-electron chi connectivity index (χ3n) is 2.76. The van der Waals surface area contributed by atoms with E-state index in [1.807, 2.05) is 6.07 Å². The van der Waals surface area contributed by atoms with Crippen molar-refractivity contribution < 1.29 is 5.11 Å². The lowest BCUT2D eigenvalue weighted by Crippen LogP contribution is -2.26. The number of halogens is 1. The molecule has 0 saturated carbocycles. The van der Waals surface area contributed by atoms with Gasteiger partial charge in [-0.3, -0.25) is 9.13 Å². The zero-order valence-electron chi connectivity index (χ0n) is 9.14. The molecule has 0 spiro atoms. The van der Waals surface area contributed by atoms with E-state index in [2.05, 4.69) is 0 Å². The Hall–Kier alpha value is -1.26. The van der Waals surface area contributed by atoms with Crippen LogP contribution in [0.25, 0.3) is 11.0 Å². The van der Waals surface area contributed by atoms with Crippen LogP contribution in [0.1, 0.15) is 13.0 Å². The third kappa shape index (κ3) is 1.45. The molecule has 5 heteroatoms. The van der Waals surface area contributed by atoms with Gasteiger partial charge in [-0.2, -0.15) is 0 Å². The molecule has 0 saturated heterocycles. The molecule has 4 nitrogen and oxygen atoms in total. The molecular formula is C11H13ClN2O2. The molecule has 1 unspecified atom stereocenters. The monoisotopic (exact) mass is 240 g/mol. The summed E-state index contributed by atoms with van der Waals surface area (Å²) in [6.07, 6.45) is 0. The summed E-state index contributed by atoms with van der Waals surface area (Å²) in [6, 6.07) is 5.12. The number of aliphatic hydroxyl groups is 1. The van der Waals surface area contributed by atoms with Gasteiger partial charge < -0.3 is 5.11 Å². The Bertz CT molecular complexity index is 585. The lowest BCUT2D eigenvalue weighted by Gasteiger charge is -2.09. The van der Waals surface area contributed by atoms with Gasteiger partial charge in [0.15, 0.2) is 0 Å². The summed E-state index contributed by atoms with van der Waals surface area (Å²) in [5.74, 6) is 0. The van der Waals surface area contributed by atoms with Gasteiger partial charge >= 0.3 is 5.69 Å². The van der Waals surface area contributed by atoms with Crippen LogP contribution in [-0.4, -0.2) is 20.8 Å². The number of imidazole rings is 1. The van der Waals surface area contributed by atoms with Crippen molar-refractivity contribution in [2.75, 3.05) is 6.61 Å². The maximum Gasteiger partial charge on any atom is 0.329 e. The first-order chi connectivity index (χ1) is 7.57. The van der Waals surface area contributed by atoms with Crippen LogP contribution in [0.3, 0.4) is 0 Å². The Morgan fingerprint density at radius 2 is 2.19 bits per heavy atom. The van der Waals surface area contributed by atoms with E-state index < -0.39 is 0 Å². The highest BCUT2D eigenvalue weighted by Gasteiger charge is 2.16. The van der Waals surface area contributed by atoms with Crippen LogP contribution in [0.4, 0.5) is 0 Å². The minimum absolute atomic E-state index is 0.0778. The first kappa shape index (κ1) is 11.2. The van der Waals surface area contributed by atoms with Crippen LogP contribution in [0, 0.1) is 0 Å². The van der Waals surface area contributed by atoms with Gasteiger partial charge in [0, 0.05) is 7.05 Å². The standard InChI is InChI=1S/C11H13ClN2O2/c1-7(6-15)14-9-5-3-4-8(12)10(9)13(2)11(14)16/h3-5,7,15H,6H2,1-2H3. The van der Waals surface area contributed by atoms with Crippen molar-refractivity contribution in [3.63, 3.8) is 0 Å². The van der Waals surface area contributed by atoms with Crippen LogP contribution >= 0.6 is 11.6 Å². The molecule has 0 aliphatic rings. The number of rotatable bonds is 2. The highest BCUT2D eigenvalue weighted by molar-refractivity contribution is 6.35. The van der Waals surface area contributed by atoms with Crippen molar-refractivity contribution in [1.82, 2.24) is 9.13 Å². The molecule has 86 valence electrons. The Kier molecular flexibility index (Phi) is 2.78. The molecule has 1 N–H and O–H groups in total. The predicted octanol–water partition coefficient (Wildman–Crippen LogP) is 1.55. The van der Waals surface area contributed by atoms with Crippen molar-refractivity contribution in [3.05, 3.63) is 33.7 Å². The highest BCUT2D eigenvalue weighted by Crippen LogP contribution is 2.23. The number of hydrogen-bond acceptors (Lipinski definition) is 2. The molecule has 0 fully saturated rings. The molecule has 0 bridgehead atoms. The molecule has 1 aromatic heterocycles. The third-order valence-corrected chi connectivity index (χ3v) is 3.06. The summed E-state index contributed by atoms with van der Waals surface area (Å²) in [5.41, 5.74) is 1.29. The fourth-order valence-electron chi connectivity index (χ4n) is 1.90. The molecule has 1 aromatic carbocycles. The molecule has 2 aromatic rings.